The van der Waals surface area contributed by atoms with Crippen LogP contribution in [0, 0.1) is 0 Å². The van der Waals surface area contributed by atoms with Crippen LogP contribution in [0.25, 0.3) is 11.0 Å². The van der Waals surface area contributed by atoms with Crippen molar-refractivity contribution in [2.24, 2.45) is 0 Å². The highest BCUT2D eigenvalue weighted by Gasteiger charge is 2.58. The molecule has 36 heavy (non-hydrogen) atoms. The van der Waals surface area contributed by atoms with Crippen LogP contribution in [0.1, 0.15) is 52.0 Å². The first-order valence-corrected chi connectivity index (χ1v) is 13.6. The number of nitrogens with zero attached hydrogens (tertiary/aromatic N) is 3. The van der Waals surface area contributed by atoms with Crippen LogP contribution in [-0.2, 0) is 25.0 Å². The molecule has 3 aliphatic rings. The Morgan fingerprint density at radius 1 is 1.11 bits per heavy atom. The van der Waals surface area contributed by atoms with E-state index in [9.17, 15) is 18.0 Å². The van der Waals surface area contributed by atoms with Gasteiger partial charge in [0, 0.05) is 29.2 Å². The third-order valence-electron chi connectivity index (χ3n) is 7.53. The molecule has 188 valence electrons. The highest BCUT2D eigenvalue weighted by Crippen LogP contribution is 2.54. The van der Waals surface area contributed by atoms with E-state index in [1.54, 1.807) is 42.6 Å². The number of benzene rings is 1. The molecule has 0 saturated carbocycles. The third kappa shape index (κ3) is 3.27. The number of carbonyl (C=O) groups excluding carboxylic acids is 2. The zero-order valence-electron chi connectivity index (χ0n) is 20.4. The molecule has 2 atom stereocenters. The van der Waals surface area contributed by atoms with E-state index in [1.807, 2.05) is 25.7 Å². The molecule has 10 heteroatoms. The summed E-state index contributed by atoms with van der Waals surface area (Å²) in [6.45, 7) is 5.53. The summed E-state index contributed by atoms with van der Waals surface area (Å²) < 4.78 is 33.6. The molecule has 2 bridgehead atoms. The van der Waals surface area contributed by atoms with Gasteiger partial charge in [0.2, 0.25) is 5.91 Å². The number of hydrogen-bond donors (Lipinski definition) is 1. The maximum Gasteiger partial charge on any atom is 0.410 e. The summed E-state index contributed by atoms with van der Waals surface area (Å²) in [5, 5.41) is 3.62. The number of rotatable bonds is 2. The number of fused-ring (bicyclic) bond motifs is 6. The number of aromatic nitrogens is 2. The van der Waals surface area contributed by atoms with Gasteiger partial charge in [-0.15, -0.1) is 0 Å². The molecule has 9 nitrogen and oxygen atoms in total. The van der Waals surface area contributed by atoms with Gasteiger partial charge in [0.05, 0.1) is 22.2 Å². The van der Waals surface area contributed by atoms with Crippen LogP contribution in [-0.4, -0.2) is 52.0 Å². The molecule has 5 heterocycles. The number of ether oxygens (including phenoxy) is 1. The van der Waals surface area contributed by atoms with Gasteiger partial charge in [-0.1, -0.05) is 18.2 Å². The average Bonchev–Trinajstić information content (AvgIpc) is 3.45. The van der Waals surface area contributed by atoms with Crippen LogP contribution in [0.2, 0.25) is 0 Å². The Balaban J connectivity index is 1.43. The monoisotopic (exact) mass is 508 g/mol. The van der Waals surface area contributed by atoms with Crippen molar-refractivity contribution in [1.82, 2.24) is 13.9 Å². The van der Waals surface area contributed by atoms with E-state index < -0.39 is 21.0 Å². The van der Waals surface area contributed by atoms with E-state index in [0.29, 0.717) is 23.9 Å². The molecule has 0 radical (unpaired) electrons. The summed E-state index contributed by atoms with van der Waals surface area (Å²) in [4.78, 5) is 32.9. The Hall–Kier alpha value is -3.40. The summed E-state index contributed by atoms with van der Waals surface area (Å²) in [6, 6.07) is 9.67. The molecule has 2 saturated heterocycles. The van der Waals surface area contributed by atoms with Crippen LogP contribution in [0.4, 0.5) is 10.5 Å². The van der Waals surface area contributed by atoms with Crippen LogP contribution >= 0.6 is 0 Å². The van der Waals surface area contributed by atoms with Crippen molar-refractivity contribution in [3.8, 4) is 0 Å². The lowest BCUT2D eigenvalue weighted by molar-refractivity contribution is -0.123. The predicted octanol–water partition coefficient (Wildman–Crippen LogP) is 4.03. The van der Waals surface area contributed by atoms with Crippen molar-refractivity contribution >= 4 is 38.7 Å². The lowest BCUT2D eigenvalue weighted by Crippen LogP contribution is -2.55. The van der Waals surface area contributed by atoms with E-state index in [4.69, 9.17) is 4.74 Å². The van der Waals surface area contributed by atoms with Gasteiger partial charge >= 0.3 is 6.09 Å². The van der Waals surface area contributed by atoms with Crippen LogP contribution in [0.15, 0.2) is 53.7 Å². The largest absolute Gasteiger partial charge is 0.444 e. The van der Waals surface area contributed by atoms with E-state index in [0.717, 1.165) is 18.4 Å². The van der Waals surface area contributed by atoms with E-state index in [-0.39, 0.29) is 34.6 Å². The lowest BCUT2D eigenvalue weighted by Gasteiger charge is -2.43. The van der Waals surface area contributed by atoms with E-state index >= 15 is 0 Å². The molecule has 2 amide bonds. The van der Waals surface area contributed by atoms with Gasteiger partial charge < -0.3 is 15.0 Å². The van der Waals surface area contributed by atoms with Crippen LogP contribution in [0.5, 0.6) is 0 Å². The van der Waals surface area contributed by atoms with E-state index in [2.05, 4.69) is 10.3 Å². The molecular weight excluding hydrogens is 480 g/mol. The molecule has 1 N–H and O–H groups in total. The number of anilines is 1. The Labute approximate surface area is 209 Å². The zero-order chi connectivity index (χ0) is 25.5. The van der Waals surface area contributed by atoms with Crippen molar-refractivity contribution in [1.29, 1.82) is 0 Å². The van der Waals surface area contributed by atoms with Gasteiger partial charge in [-0.2, -0.15) is 0 Å². The highest BCUT2D eigenvalue weighted by molar-refractivity contribution is 7.90. The van der Waals surface area contributed by atoms with Gasteiger partial charge in [0.1, 0.15) is 5.60 Å². The molecule has 6 rings (SSSR count). The number of carbonyl (C=O) groups is 2. The fourth-order valence-corrected chi connectivity index (χ4v) is 7.50. The first-order chi connectivity index (χ1) is 17.0. The Kier molecular flexibility index (Phi) is 4.83. The summed E-state index contributed by atoms with van der Waals surface area (Å²) >= 11 is 0. The molecule has 3 aliphatic heterocycles. The summed E-state index contributed by atoms with van der Waals surface area (Å²) in [5.41, 5.74) is 0.209. The second-order valence-electron chi connectivity index (χ2n) is 10.9. The molecule has 1 aromatic carbocycles. The fraction of sp³-hybridized carbons (Fsp3) is 0.423. The van der Waals surface area contributed by atoms with Gasteiger partial charge in [-0.05, 0) is 64.7 Å². The molecule has 2 aromatic heterocycles. The second kappa shape index (κ2) is 7.55. The van der Waals surface area contributed by atoms with Gasteiger partial charge in [0.25, 0.3) is 10.0 Å². The first kappa shape index (κ1) is 23.0. The number of pyridine rings is 1. The van der Waals surface area contributed by atoms with E-state index in [1.165, 1.54) is 10.2 Å². The predicted molar refractivity (Wildman–Crippen MR) is 133 cm³/mol. The van der Waals surface area contributed by atoms with Crippen molar-refractivity contribution in [3.63, 3.8) is 0 Å². The number of amides is 2. The lowest BCUT2D eigenvalue weighted by atomic mass is 9.70. The van der Waals surface area contributed by atoms with Crippen LogP contribution < -0.4 is 5.32 Å². The van der Waals surface area contributed by atoms with Crippen molar-refractivity contribution in [2.75, 3.05) is 5.32 Å². The SMILES string of the molecule is CC(C)(C)OC(=O)N1C2CCC1CC1(C2)C(=O)Nc2cnc3c(ccn3S(=O)(=O)c3ccccc3)c21. The minimum atomic E-state index is -3.86. The highest BCUT2D eigenvalue weighted by atomic mass is 32.2. The molecule has 1 spiro atoms. The number of nitrogens with one attached hydrogen (secondary N) is 1. The molecule has 2 fully saturated rings. The Morgan fingerprint density at radius 3 is 2.42 bits per heavy atom. The van der Waals surface area contributed by atoms with Gasteiger partial charge in [-0.3, -0.25) is 4.79 Å². The second-order valence-corrected chi connectivity index (χ2v) is 12.7. The summed E-state index contributed by atoms with van der Waals surface area (Å²) in [7, 11) is -3.86. The fourth-order valence-electron chi connectivity index (χ4n) is 6.18. The van der Waals surface area contributed by atoms with Crippen molar-refractivity contribution < 1.29 is 22.7 Å². The van der Waals surface area contributed by atoms with Crippen molar-refractivity contribution in [3.05, 3.63) is 54.4 Å². The molecule has 2 unspecified atom stereocenters. The third-order valence-corrected chi connectivity index (χ3v) is 9.22. The zero-order valence-corrected chi connectivity index (χ0v) is 21.2. The minimum absolute atomic E-state index is 0.119. The minimum Gasteiger partial charge on any atom is -0.444 e. The number of piperidine rings is 1. The summed E-state index contributed by atoms with van der Waals surface area (Å²) in [5.74, 6) is -0.119. The quantitative estimate of drug-likeness (QED) is 0.560. The van der Waals surface area contributed by atoms with Gasteiger partial charge in [-0.25, -0.2) is 22.2 Å². The first-order valence-electron chi connectivity index (χ1n) is 12.2. The Bertz CT molecular complexity index is 1490. The average molecular weight is 509 g/mol. The standard InChI is InChI=1S/C26H28N4O5S/c1-25(2,3)35-24(32)30-16-9-10-17(30)14-26(13-16)21-19-11-12-29(22(19)27-15-20(21)28-23(26)31)36(33,34)18-7-5-4-6-8-18/h4-8,11-12,15-17H,9-10,13-14H2,1-3H3,(H,28,31). The van der Waals surface area contributed by atoms with Crippen LogP contribution in [0.3, 0.4) is 0 Å². The number of hydrogen-bond acceptors (Lipinski definition) is 6. The molecule has 0 aliphatic carbocycles. The smallest absolute Gasteiger partial charge is 0.410 e. The Morgan fingerprint density at radius 2 is 1.78 bits per heavy atom. The topological polar surface area (TPSA) is 111 Å². The maximum atomic E-state index is 13.5. The molecule has 3 aromatic rings. The van der Waals surface area contributed by atoms with Crippen molar-refractivity contribution in [2.45, 2.75) is 74.4 Å². The summed E-state index contributed by atoms with van der Waals surface area (Å²) in [6.07, 6.45) is 5.21. The maximum absolute atomic E-state index is 13.5. The normalized spacial score (nSPS) is 25.3. The van der Waals surface area contributed by atoms with Gasteiger partial charge in [0.15, 0.2) is 5.65 Å². The molecular formula is C26H28N4O5S.